The van der Waals surface area contributed by atoms with Crippen LogP contribution in [0.5, 0.6) is 0 Å². The summed E-state index contributed by atoms with van der Waals surface area (Å²) in [6.07, 6.45) is 3.50. The van der Waals surface area contributed by atoms with Gasteiger partial charge < -0.3 is 5.32 Å². The minimum atomic E-state index is -0.419. The predicted octanol–water partition coefficient (Wildman–Crippen LogP) is 2.98. The fourth-order valence-corrected chi connectivity index (χ4v) is 1.65. The molecule has 88 valence electrons. The van der Waals surface area contributed by atoms with E-state index < -0.39 is 4.92 Å². The number of anilines is 1. The van der Waals surface area contributed by atoms with Crippen molar-refractivity contribution in [3.8, 4) is 0 Å². The Morgan fingerprint density at radius 1 is 1.56 bits per heavy atom. The quantitative estimate of drug-likeness (QED) is 0.615. The van der Waals surface area contributed by atoms with E-state index in [1.165, 1.54) is 6.07 Å². The molecule has 0 spiro atoms. The lowest BCUT2D eigenvalue weighted by atomic mass is 9.99. The highest BCUT2D eigenvalue weighted by Crippen LogP contribution is 2.25. The Kier molecular flexibility index (Phi) is 3.82. The molecular weight excluding hydrogens is 206 g/mol. The summed E-state index contributed by atoms with van der Waals surface area (Å²) in [5, 5.41) is 13.9. The van der Waals surface area contributed by atoms with E-state index in [1.54, 1.807) is 12.3 Å². The Bertz CT molecular complexity index is 377. The smallest absolute Gasteiger partial charge is 0.311 e. The molecule has 0 fully saturated rings. The molecule has 1 N–H and O–H groups in total. The van der Waals surface area contributed by atoms with Crippen LogP contribution in [0.25, 0.3) is 0 Å². The van der Waals surface area contributed by atoms with Crippen molar-refractivity contribution < 1.29 is 4.92 Å². The second-order valence-electron chi connectivity index (χ2n) is 4.39. The molecule has 1 rings (SSSR count). The maximum atomic E-state index is 10.8. The first-order valence-electron chi connectivity index (χ1n) is 5.34. The Morgan fingerprint density at radius 2 is 2.25 bits per heavy atom. The highest BCUT2D eigenvalue weighted by atomic mass is 16.6. The number of nitro groups is 1. The number of aromatic nitrogens is 1. The van der Waals surface area contributed by atoms with E-state index in [9.17, 15) is 10.1 Å². The average molecular weight is 223 g/mol. The first kappa shape index (κ1) is 12.4. The van der Waals surface area contributed by atoms with E-state index in [0.717, 1.165) is 12.8 Å². The third kappa shape index (κ3) is 3.18. The molecule has 0 saturated heterocycles. The van der Waals surface area contributed by atoms with Crippen LogP contribution in [0.2, 0.25) is 0 Å². The first-order valence-corrected chi connectivity index (χ1v) is 5.34. The molecule has 16 heavy (non-hydrogen) atoms. The fraction of sp³-hybridized carbons (Fsp3) is 0.545. The molecule has 0 atom stereocenters. The van der Waals surface area contributed by atoms with Gasteiger partial charge in [0.15, 0.2) is 0 Å². The van der Waals surface area contributed by atoms with Crippen molar-refractivity contribution in [3.63, 3.8) is 0 Å². The van der Waals surface area contributed by atoms with Crippen molar-refractivity contribution >= 4 is 11.5 Å². The zero-order chi connectivity index (χ0) is 12.2. The van der Waals surface area contributed by atoms with E-state index >= 15 is 0 Å². The molecule has 1 heterocycles. The molecule has 5 heteroatoms. The molecule has 0 aliphatic heterocycles. The zero-order valence-electron chi connectivity index (χ0n) is 9.86. The molecule has 0 aliphatic rings. The summed E-state index contributed by atoms with van der Waals surface area (Å²) in [6.45, 7) is 6.10. The number of nitrogens with one attached hydrogen (secondary N) is 1. The molecule has 0 amide bonds. The highest BCUT2D eigenvalue weighted by molar-refractivity contribution is 5.56. The van der Waals surface area contributed by atoms with Gasteiger partial charge in [0.1, 0.15) is 0 Å². The molecule has 1 aromatic heterocycles. The minimum Gasteiger partial charge on any atom is -0.359 e. The Hall–Kier alpha value is -1.65. The normalized spacial score (nSPS) is 11.2. The van der Waals surface area contributed by atoms with Gasteiger partial charge in [0.05, 0.1) is 4.92 Å². The second-order valence-corrected chi connectivity index (χ2v) is 4.39. The maximum Gasteiger partial charge on any atom is 0.311 e. The summed E-state index contributed by atoms with van der Waals surface area (Å²) < 4.78 is 0. The van der Waals surface area contributed by atoms with Crippen LogP contribution in [0.15, 0.2) is 18.3 Å². The number of rotatable bonds is 5. The molecular formula is C11H17N3O2. The predicted molar refractivity (Wildman–Crippen MR) is 63.5 cm³/mol. The van der Waals surface area contributed by atoms with E-state index in [4.69, 9.17) is 0 Å². The van der Waals surface area contributed by atoms with Gasteiger partial charge in [-0.15, -0.1) is 0 Å². The summed E-state index contributed by atoms with van der Waals surface area (Å²) in [6, 6.07) is 3.02. The van der Waals surface area contributed by atoms with Crippen LogP contribution in [-0.4, -0.2) is 15.4 Å². The van der Waals surface area contributed by atoms with Crippen molar-refractivity contribution in [1.29, 1.82) is 0 Å². The van der Waals surface area contributed by atoms with Gasteiger partial charge in [0.2, 0.25) is 5.82 Å². The first-order chi connectivity index (χ1) is 7.46. The van der Waals surface area contributed by atoms with Gasteiger partial charge in [0, 0.05) is 17.8 Å². The lowest BCUT2D eigenvalue weighted by Crippen LogP contribution is -2.31. The van der Waals surface area contributed by atoms with Crippen molar-refractivity contribution in [1.82, 2.24) is 4.98 Å². The van der Waals surface area contributed by atoms with Crippen molar-refractivity contribution in [3.05, 3.63) is 28.4 Å². The van der Waals surface area contributed by atoms with Crippen LogP contribution in [0.3, 0.4) is 0 Å². The van der Waals surface area contributed by atoms with Gasteiger partial charge in [-0.05, 0) is 26.3 Å². The van der Waals surface area contributed by atoms with Gasteiger partial charge in [0.25, 0.3) is 0 Å². The molecule has 0 radical (unpaired) electrons. The van der Waals surface area contributed by atoms with Gasteiger partial charge in [-0.3, -0.25) is 10.1 Å². The molecule has 0 aliphatic carbocycles. The molecule has 0 saturated carbocycles. The minimum absolute atomic E-state index is 0.0201. The third-order valence-electron chi connectivity index (χ3n) is 2.31. The van der Waals surface area contributed by atoms with Crippen LogP contribution < -0.4 is 5.32 Å². The van der Waals surface area contributed by atoms with Crippen LogP contribution in [0, 0.1) is 10.1 Å². The molecule has 0 bridgehead atoms. The van der Waals surface area contributed by atoms with E-state index in [2.05, 4.69) is 17.2 Å². The summed E-state index contributed by atoms with van der Waals surface area (Å²) in [7, 11) is 0. The Balaban J connectivity index is 2.92. The SMILES string of the molecule is CCCC(C)(C)Nc1ncccc1[N+](=O)[O-]. The topological polar surface area (TPSA) is 68.1 Å². The molecule has 0 aromatic carbocycles. The average Bonchev–Trinajstić information content (AvgIpc) is 2.17. The van der Waals surface area contributed by atoms with E-state index in [0.29, 0.717) is 5.82 Å². The van der Waals surface area contributed by atoms with Gasteiger partial charge in [-0.2, -0.15) is 0 Å². The van der Waals surface area contributed by atoms with Crippen LogP contribution in [0.1, 0.15) is 33.6 Å². The summed E-state index contributed by atoms with van der Waals surface area (Å²) in [5.74, 6) is 0.339. The van der Waals surface area contributed by atoms with E-state index in [-0.39, 0.29) is 11.2 Å². The van der Waals surface area contributed by atoms with Crippen LogP contribution in [0.4, 0.5) is 11.5 Å². The summed E-state index contributed by atoms with van der Waals surface area (Å²) >= 11 is 0. The molecule has 0 unspecified atom stereocenters. The van der Waals surface area contributed by atoms with Gasteiger partial charge >= 0.3 is 5.69 Å². The van der Waals surface area contributed by atoms with Crippen LogP contribution in [-0.2, 0) is 0 Å². The Labute approximate surface area is 95.0 Å². The molecule has 1 aromatic rings. The Morgan fingerprint density at radius 3 is 2.81 bits per heavy atom. The fourth-order valence-electron chi connectivity index (χ4n) is 1.65. The standard InChI is InChI=1S/C11H17N3O2/c1-4-7-11(2,3)13-10-9(14(15)16)6-5-8-12-10/h5-6,8H,4,7H2,1-3H3,(H,12,13). The van der Waals surface area contributed by atoms with Crippen LogP contribution >= 0.6 is 0 Å². The van der Waals surface area contributed by atoms with E-state index in [1.807, 2.05) is 13.8 Å². The van der Waals surface area contributed by atoms with Crippen molar-refractivity contribution in [2.24, 2.45) is 0 Å². The third-order valence-corrected chi connectivity index (χ3v) is 2.31. The van der Waals surface area contributed by atoms with Gasteiger partial charge in [-0.25, -0.2) is 4.98 Å². The monoisotopic (exact) mass is 223 g/mol. The van der Waals surface area contributed by atoms with Crippen molar-refractivity contribution in [2.45, 2.75) is 39.2 Å². The lowest BCUT2D eigenvalue weighted by molar-refractivity contribution is -0.384. The number of pyridine rings is 1. The maximum absolute atomic E-state index is 10.8. The lowest BCUT2D eigenvalue weighted by Gasteiger charge is -2.26. The van der Waals surface area contributed by atoms with Gasteiger partial charge in [-0.1, -0.05) is 13.3 Å². The number of hydrogen-bond donors (Lipinski definition) is 1. The highest BCUT2D eigenvalue weighted by Gasteiger charge is 2.22. The zero-order valence-corrected chi connectivity index (χ0v) is 9.86. The number of hydrogen-bond acceptors (Lipinski definition) is 4. The summed E-state index contributed by atoms with van der Waals surface area (Å²) in [5.41, 5.74) is -0.167. The number of nitrogens with zero attached hydrogens (tertiary/aromatic N) is 2. The second kappa shape index (κ2) is 4.92. The van der Waals surface area contributed by atoms with Crippen molar-refractivity contribution in [2.75, 3.05) is 5.32 Å². The summed E-state index contributed by atoms with van der Waals surface area (Å²) in [4.78, 5) is 14.4. The molecule has 5 nitrogen and oxygen atoms in total. The largest absolute Gasteiger partial charge is 0.359 e.